The molecule has 0 saturated heterocycles. The summed E-state index contributed by atoms with van der Waals surface area (Å²) in [5.74, 6) is -1.39. The zero-order valence-corrected chi connectivity index (χ0v) is 14.0. The Morgan fingerprint density at radius 3 is 2.04 bits per heavy atom. The molecule has 2 N–H and O–H groups in total. The Morgan fingerprint density at radius 2 is 1.46 bits per heavy atom. The van der Waals surface area contributed by atoms with Gasteiger partial charge in [-0.1, -0.05) is 36.4 Å². The first-order chi connectivity index (χ1) is 11.3. The van der Waals surface area contributed by atoms with E-state index in [2.05, 4.69) is 10.6 Å². The second-order valence-electron chi connectivity index (χ2n) is 5.41. The Morgan fingerprint density at radius 1 is 0.875 bits per heavy atom. The van der Waals surface area contributed by atoms with E-state index in [0.717, 1.165) is 11.8 Å². The third-order valence-corrected chi connectivity index (χ3v) is 3.82. The summed E-state index contributed by atoms with van der Waals surface area (Å²) in [7, 11) is -3.39. The lowest BCUT2D eigenvalue weighted by Crippen LogP contribution is -2.22. The zero-order valence-electron chi connectivity index (χ0n) is 13.2. The molecular formula is C17H18N2O4S. The predicted octanol–water partition coefficient (Wildman–Crippen LogP) is 1.85. The van der Waals surface area contributed by atoms with Crippen molar-refractivity contribution in [3.05, 3.63) is 60.2 Å². The van der Waals surface area contributed by atoms with E-state index >= 15 is 0 Å². The van der Waals surface area contributed by atoms with Crippen molar-refractivity contribution in [3.63, 3.8) is 0 Å². The van der Waals surface area contributed by atoms with Crippen LogP contribution in [-0.4, -0.2) is 32.2 Å². The third-order valence-electron chi connectivity index (χ3n) is 3.03. The SMILES string of the molecule is CS(=O)(=O)CC(=O)Nc1cccc(NC(=O)Cc2ccccc2)c1. The van der Waals surface area contributed by atoms with Gasteiger partial charge in [0.1, 0.15) is 5.75 Å². The minimum absolute atomic E-state index is 0.180. The molecule has 0 spiro atoms. The Kier molecular flexibility index (Phi) is 5.70. The maximum Gasteiger partial charge on any atom is 0.239 e. The highest BCUT2D eigenvalue weighted by Crippen LogP contribution is 2.15. The molecule has 2 amide bonds. The van der Waals surface area contributed by atoms with E-state index in [1.165, 1.54) is 0 Å². The Balaban J connectivity index is 1.97. The maximum absolute atomic E-state index is 12.0. The fourth-order valence-electron chi connectivity index (χ4n) is 2.10. The van der Waals surface area contributed by atoms with Gasteiger partial charge in [0.25, 0.3) is 0 Å². The molecule has 0 aliphatic carbocycles. The number of benzene rings is 2. The van der Waals surface area contributed by atoms with Crippen LogP contribution in [0.5, 0.6) is 0 Å². The van der Waals surface area contributed by atoms with Gasteiger partial charge < -0.3 is 10.6 Å². The Bertz CT molecular complexity index is 833. The number of carbonyl (C=O) groups is 2. The summed E-state index contributed by atoms with van der Waals surface area (Å²) in [6.45, 7) is 0. The summed E-state index contributed by atoms with van der Waals surface area (Å²) in [5.41, 5.74) is 1.84. The van der Waals surface area contributed by atoms with Gasteiger partial charge in [-0.3, -0.25) is 9.59 Å². The molecule has 0 unspecified atom stereocenters. The minimum Gasteiger partial charge on any atom is -0.326 e. The summed E-state index contributed by atoms with van der Waals surface area (Å²) < 4.78 is 22.2. The third kappa shape index (κ3) is 6.21. The topological polar surface area (TPSA) is 92.3 Å². The zero-order chi connectivity index (χ0) is 17.6. The molecule has 2 rings (SSSR count). The van der Waals surface area contributed by atoms with Crippen molar-refractivity contribution in [3.8, 4) is 0 Å². The van der Waals surface area contributed by atoms with E-state index < -0.39 is 21.5 Å². The van der Waals surface area contributed by atoms with Crippen molar-refractivity contribution in [1.82, 2.24) is 0 Å². The molecule has 2 aromatic rings. The van der Waals surface area contributed by atoms with E-state index in [0.29, 0.717) is 11.4 Å². The van der Waals surface area contributed by atoms with Gasteiger partial charge >= 0.3 is 0 Å². The standard InChI is InChI=1S/C17H18N2O4S/c1-24(22,23)12-17(21)19-15-9-5-8-14(11-15)18-16(20)10-13-6-3-2-4-7-13/h2-9,11H,10,12H2,1H3,(H,18,20)(H,19,21). The summed E-state index contributed by atoms with van der Waals surface area (Å²) in [5, 5.41) is 5.24. The average Bonchev–Trinajstić information content (AvgIpc) is 2.46. The maximum atomic E-state index is 12.0. The van der Waals surface area contributed by atoms with Crippen molar-refractivity contribution in [2.24, 2.45) is 0 Å². The number of hydrogen-bond donors (Lipinski definition) is 2. The summed E-state index contributed by atoms with van der Waals surface area (Å²) >= 11 is 0. The molecule has 24 heavy (non-hydrogen) atoms. The van der Waals surface area contributed by atoms with Crippen LogP contribution >= 0.6 is 0 Å². The van der Waals surface area contributed by atoms with Gasteiger partial charge in [0.2, 0.25) is 11.8 Å². The predicted molar refractivity (Wildman–Crippen MR) is 93.6 cm³/mol. The fourth-order valence-corrected chi connectivity index (χ4v) is 2.64. The molecular weight excluding hydrogens is 328 g/mol. The second-order valence-corrected chi connectivity index (χ2v) is 7.55. The summed E-state index contributed by atoms with van der Waals surface area (Å²) in [6.07, 6.45) is 1.23. The van der Waals surface area contributed by atoms with Crippen LogP contribution < -0.4 is 10.6 Å². The second kappa shape index (κ2) is 7.74. The summed E-state index contributed by atoms with van der Waals surface area (Å²) in [4.78, 5) is 23.7. The molecule has 0 radical (unpaired) electrons. The van der Waals surface area contributed by atoms with Gasteiger partial charge in [0, 0.05) is 17.6 Å². The van der Waals surface area contributed by atoms with E-state index in [1.54, 1.807) is 24.3 Å². The Labute approximate surface area is 140 Å². The number of hydrogen-bond acceptors (Lipinski definition) is 4. The van der Waals surface area contributed by atoms with Gasteiger partial charge in [-0.25, -0.2) is 8.42 Å². The van der Waals surface area contributed by atoms with Crippen LogP contribution in [0.4, 0.5) is 11.4 Å². The molecule has 0 fully saturated rings. The smallest absolute Gasteiger partial charge is 0.239 e. The lowest BCUT2D eigenvalue weighted by atomic mass is 10.1. The molecule has 0 aliphatic heterocycles. The van der Waals surface area contributed by atoms with Gasteiger partial charge in [-0.2, -0.15) is 0 Å². The number of anilines is 2. The first-order valence-corrected chi connectivity index (χ1v) is 9.29. The van der Waals surface area contributed by atoms with Gasteiger partial charge in [0.05, 0.1) is 6.42 Å². The molecule has 2 aromatic carbocycles. The van der Waals surface area contributed by atoms with Gasteiger partial charge in [-0.05, 0) is 23.8 Å². The number of carbonyl (C=O) groups excluding carboxylic acids is 2. The van der Waals surface area contributed by atoms with Crippen molar-refractivity contribution < 1.29 is 18.0 Å². The van der Waals surface area contributed by atoms with Crippen LogP contribution in [0.1, 0.15) is 5.56 Å². The van der Waals surface area contributed by atoms with Crippen LogP contribution in [0, 0.1) is 0 Å². The molecule has 126 valence electrons. The van der Waals surface area contributed by atoms with E-state index in [1.807, 2.05) is 30.3 Å². The lowest BCUT2D eigenvalue weighted by molar-refractivity contribution is -0.115. The highest BCUT2D eigenvalue weighted by atomic mass is 32.2. The van der Waals surface area contributed by atoms with Crippen molar-refractivity contribution in [2.45, 2.75) is 6.42 Å². The van der Waals surface area contributed by atoms with Gasteiger partial charge in [0.15, 0.2) is 9.84 Å². The monoisotopic (exact) mass is 346 g/mol. The van der Waals surface area contributed by atoms with E-state index in [4.69, 9.17) is 0 Å². The highest BCUT2D eigenvalue weighted by Gasteiger charge is 2.11. The largest absolute Gasteiger partial charge is 0.326 e. The number of sulfone groups is 1. The van der Waals surface area contributed by atoms with Crippen molar-refractivity contribution >= 4 is 33.0 Å². The number of nitrogens with one attached hydrogen (secondary N) is 2. The van der Waals surface area contributed by atoms with Gasteiger partial charge in [-0.15, -0.1) is 0 Å². The van der Waals surface area contributed by atoms with Crippen LogP contribution in [0.25, 0.3) is 0 Å². The molecule has 0 heterocycles. The molecule has 0 aliphatic rings. The number of amides is 2. The number of rotatable bonds is 6. The molecule has 0 atom stereocenters. The van der Waals surface area contributed by atoms with Crippen LogP contribution in [0.15, 0.2) is 54.6 Å². The van der Waals surface area contributed by atoms with E-state index in [9.17, 15) is 18.0 Å². The Hall–Kier alpha value is -2.67. The molecule has 0 bridgehead atoms. The average molecular weight is 346 g/mol. The summed E-state index contributed by atoms with van der Waals surface area (Å²) in [6, 6.07) is 15.9. The van der Waals surface area contributed by atoms with Crippen LogP contribution in [0.3, 0.4) is 0 Å². The molecule has 0 saturated carbocycles. The fraction of sp³-hybridized carbons (Fsp3) is 0.176. The van der Waals surface area contributed by atoms with Crippen molar-refractivity contribution in [2.75, 3.05) is 22.6 Å². The minimum atomic E-state index is -3.39. The lowest BCUT2D eigenvalue weighted by Gasteiger charge is -2.09. The van der Waals surface area contributed by atoms with Crippen LogP contribution in [0.2, 0.25) is 0 Å². The molecule has 0 aromatic heterocycles. The van der Waals surface area contributed by atoms with E-state index in [-0.39, 0.29) is 12.3 Å². The first kappa shape index (κ1) is 17.7. The molecule has 6 nitrogen and oxygen atoms in total. The molecule has 7 heteroatoms. The van der Waals surface area contributed by atoms with Crippen molar-refractivity contribution in [1.29, 1.82) is 0 Å². The quantitative estimate of drug-likeness (QED) is 0.835. The highest BCUT2D eigenvalue weighted by molar-refractivity contribution is 7.91. The van der Waals surface area contributed by atoms with Crippen LogP contribution in [-0.2, 0) is 25.8 Å². The first-order valence-electron chi connectivity index (χ1n) is 7.23. The normalized spacial score (nSPS) is 10.9.